The molecule has 4 rings (SSSR count). The molecule has 0 saturated carbocycles. The van der Waals surface area contributed by atoms with E-state index in [0.717, 1.165) is 17.2 Å². The number of phenols is 1. The van der Waals surface area contributed by atoms with Gasteiger partial charge in [-0.3, -0.25) is 37.2 Å². The van der Waals surface area contributed by atoms with Gasteiger partial charge in [0.25, 0.3) is 0 Å². The Hall–Kier alpha value is -3.42. The minimum absolute atomic E-state index is 0.0210. The molecule has 0 spiro atoms. The van der Waals surface area contributed by atoms with E-state index < -0.39 is 89.7 Å². The van der Waals surface area contributed by atoms with Gasteiger partial charge >= 0.3 is 23.5 Å². The maximum absolute atomic E-state index is 12.7. The monoisotopic (exact) mass is 859 g/mol. The topological polar surface area (TPSA) is 384 Å². The molecule has 55 heavy (non-hydrogen) atoms. The molecule has 0 bridgehead atoms. The van der Waals surface area contributed by atoms with Crippen LogP contribution in [0.5, 0.6) is 5.75 Å². The van der Waals surface area contributed by atoms with E-state index in [-0.39, 0.29) is 41.3 Å². The zero-order valence-electron chi connectivity index (χ0n) is 28.4. The number of phosphoric acid groups is 3. The van der Waals surface area contributed by atoms with Crippen LogP contribution in [0, 0.1) is 5.41 Å². The summed E-state index contributed by atoms with van der Waals surface area (Å²) in [7, 11) is -16.4. The van der Waals surface area contributed by atoms with Crippen molar-refractivity contribution in [2.24, 2.45) is 5.41 Å². The Balaban J connectivity index is 1.27. The van der Waals surface area contributed by atoms with Crippen molar-refractivity contribution in [2.75, 3.05) is 25.5 Å². The molecule has 1 saturated heterocycles. The molecule has 7 atom stereocenters. The molecule has 29 heteroatoms. The normalized spacial score (nSPS) is 21.7. The second kappa shape index (κ2) is 17.8. The number of nitrogens with zero attached hydrogens (tertiary/aromatic N) is 4. The highest BCUT2D eigenvalue weighted by Crippen LogP contribution is 2.61. The summed E-state index contributed by atoms with van der Waals surface area (Å²) in [5, 5.41) is 32.4. The number of rotatable bonds is 17. The van der Waals surface area contributed by atoms with Gasteiger partial charge in [-0.2, -0.15) is 4.31 Å². The number of carbonyl (C=O) groups is 3. The van der Waals surface area contributed by atoms with E-state index in [1.54, 1.807) is 0 Å². The number of anilines is 1. The van der Waals surface area contributed by atoms with Crippen molar-refractivity contribution in [3.8, 4) is 5.75 Å². The second-order valence-electron chi connectivity index (χ2n) is 12.2. The summed E-state index contributed by atoms with van der Waals surface area (Å²) >= 11 is 0.469. The van der Waals surface area contributed by atoms with Crippen LogP contribution in [0.4, 0.5) is 5.82 Å². The van der Waals surface area contributed by atoms with Crippen LogP contribution in [-0.2, 0) is 45.9 Å². The molecule has 2 unspecified atom stereocenters. The number of phenolic OH excluding ortho intramolecular Hbond substituents is 1. The van der Waals surface area contributed by atoms with Gasteiger partial charge in [-0.05, 0) is 24.3 Å². The number of nitrogens with one attached hydrogen (secondary N) is 2. The predicted octanol–water partition coefficient (Wildman–Crippen LogP) is -0.401. The van der Waals surface area contributed by atoms with Crippen molar-refractivity contribution in [1.82, 2.24) is 29.6 Å². The molecule has 11 N–H and O–H groups in total. The molecule has 304 valence electrons. The average molecular weight is 860 g/mol. The number of nitrogens with two attached hydrogens (primary N) is 1. The fraction of sp³-hybridized carbons (Fsp3) is 0.462. The van der Waals surface area contributed by atoms with E-state index in [0.29, 0.717) is 11.9 Å². The molecular formula is C26H36N7O18P3S. The zero-order valence-corrected chi connectivity index (χ0v) is 31.9. The summed E-state index contributed by atoms with van der Waals surface area (Å²) in [6.45, 7) is 0.0648. The van der Waals surface area contributed by atoms with Crippen LogP contribution in [0.2, 0.25) is 0 Å². The van der Waals surface area contributed by atoms with E-state index in [1.165, 1.54) is 38.1 Å². The first-order valence-electron chi connectivity index (χ1n) is 15.4. The quantitative estimate of drug-likeness (QED) is 0.0609. The van der Waals surface area contributed by atoms with Gasteiger partial charge in [0, 0.05) is 35.9 Å². The van der Waals surface area contributed by atoms with E-state index in [2.05, 4.69) is 33.8 Å². The molecule has 1 aliphatic rings. The van der Waals surface area contributed by atoms with Crippen LogP contribution in [0.3, 0.4) is 0 Å². The lowest BCUT2D eigenvalue weighted by molar-refractivity contribution is -0.137. The van der Waals surface area contributed by atoms with Gasteiger partial charge in [0.2, 0.25) is 16.9 Å². The van der Waals surface area contributed by atoms with Crippen LogP contribution < -0.4 is 15.8 Å². The fourth-order valence-corrected chi connectivity index (χ4v) is 8.05. The van der Waals surface area contributed by atoms with E-state index in [1.807, 2.05) is 0 Å². The molecule has 25 nitrogen and oxygen atoms in total. The number of hydrogen-bond donors (Lipinski definition) is 10. The lowest BCUT2D eigenvalue weighted by atomic mass is 9.87. The number of amides is 2. The Morgan fingerprint density at radius 1 is 1.05 bits per heavy atom. The summed E-state index contributed by atoms with van der Waals surface area (Å²) in [5.41, 5.74) is 4.40. The number of aliphatic hydroxyl groups excluding tert-OH is 2. The third kappa shape index (κ3) is 12.3. The summed E-state index contributed by atoms with van der Waals surface area (Å²) in [4.78, 5) is 87.6. The van der Waals surface area contributed by atoms with E-state index >= 15 is 0 Å². The van der Waals surface area contributed by atoms with Gasteiger partial charge in [0.05, 0.1) is 19.5 Å². The van der Waals surface area contributed by atoms with Gasteiger partial charge in [-0.25, -0.2) is 28.6 Å². The van der Waals surface area contributed by atoms with E-state index in [9.17, 15) is 63.0 Å². The second-order valence-corrected chi connectivity index (χ2v) is 17.2. The summed E-state index contributed by atoms with van der Waals surface area (Å²) < 4.78 is 64.2. The molecule has 1 aliphatic heterocycles. The molecule has 1 fully saturated rings. The highest BCUT2D eigenvalue weighted by molar-refractivity contribution is 8.12. The van der Waals surface area contributed by atoms with Gasteiger partial charge in [0.1, 0.15) is 42.0 Å². The number of aliphatic hydroxyl groups is 2. The van der Waals surface area contributed by atoms with E-state index in [4.69, 9.17) is 19.5 Å². The Bertz CT molecular complexity index is 2020. The Labute approximate surface area is 314 Å². The van der Waals surface area contributed by atoms with Gasteiger partial charge in [-0.1, -0.05) is 13.8 Å². The van der Waals surface area contributed by atoms with Gasteiger partial charge < -0.3 is 50.7 Å². The van der Waals surface area contributed by atoms with Gasteiger partial charge in [-0.15, -0.1) is 0 Å². The van der Waals surface area contributed by atoms with Crippen LogP contribution in [0.1, 0.15) is 36.9 Å². The van der Waals surface area contributed by atoms with Gasteiger partial charge in [0.15, 0.2) is 17.7 Å². The van der Waals surface area contributed by atoms with Crippen LogP contribution in [0.25, 0.3) is 11.2 Å². The first-order chi connectivity index (χ1) is 25.5. The molecule has 2 aromatic heterocycles. The Kier molecular flexibility index (Phi) is 14.3. The van der Waals surface area contributed by atoms with Crippen LogP contribution >= 0.6 is 35.4 Å². The molecule has 0 radical (unpaired) electrons. The first kappa shape index (κ1) is 44.3. The number of phosphoric ester groups is 3. The highest BCUT2D eigenvalue weighted by Gasteiger charge is 2.50. The maximum Gasteiger partial charge on any atom is 0.481 e. The highest BCUT2D eigenvalue weighted by atomic mass is 32.2. The average Bonchev–Trinajstić information content (AvgIpc) is 3.65. The van der Waals surface area contributed by atoms with Crippen molar-refractivity contribution < 1.29 is 85.6 Å². The number of aromatic nitrogens is 4. The number of carbonyl (C=O) groups excluding carboxylic acids is 3. The number of aromatic hydroxyl groups is 1. The predicted molar refractivity (Wildman–Crippen MR) is 185 cm³/mol. The third-order valence-corrected chi connectivity index (χ3v) is 11.3. The minimum atomic E-state index is -5.59. The molecule has 2 amide bonds. The fourth-order valence-electron chi connectivity index (χ4n) is 4.66. The van der Waals surface area contributed by atoms with Crippen molar-refractivity contribution in [2.45, 2.75) is 50.9 Å². The van der Waals surface area contributed by atoms with Crippen molar-refractivity contribution in [1.29, 1.82) is 0 Å². The Morgan fingerprint density at radius 2 is 1.71 bits per heavy atom. The van der Waals surface area contributed by atoms with Crippen LogP contribution in [0.15, 0.2) is 36.9 Å². The summed E-state index contributed by atoms with van der Waals surface area (Å²) in [6.07, 6.45) is -7.18. The molecule has 1 aromatic carbocycles. The number of hydrogen-bond acceptors (Lipinski definition) is 19. The SMILES string of the molecule is CC(C)(COP(=O)(O)OP(=O)(O)OC[C@H]1O[C@@H](n2cnc3c(N)ncnc32)[C@H](O)[C@@H]1OP(=O)(O)O)[C@@H](O)C(=O)NCCC(=O)NSC(=O)c1ccc(O)cc1. The number of fused-ring (bicyclic) bond motifs is 1. The molecule has 3 aromatic rings. The zero-order chi connectivity index (χ0) is 40.9. The molecule has 3 heterocycles. The van der Waals surface area contributed by atoms with Crippen molar-refractivity contribution in [3.05, 3.63) is 42.5 Å². The number of nitrogen functional groups attached to an aromatic ring is 1. The number of ether oxygens (including phenoxy) is 1. The number of benzene rings is 1. The lowest BCUT2D eigenvalue weighted by Crippen LogP contribution is -2.46. The smallest absolute Gasteiger partial charge is 0.481 e. The van der Waals surface area contributed by atoms with Crippen molar-refractivity contribution >= 4 is 69.3 Å². The maximum atomic E-state index is 12.7. The summed E-state index contributed by atoms with van der Waals surface area (Å²) in [6, 6.07) is 5.27. The van der Waals surface area contributed by atoms with Crippen molar-refractivity contribution in [3.63, 3.8) is 0 Å². The minimum Gasteiger partial charge on any atom is -0.508 e. The first-order valence-corrected chi connectivity index (χ1v) is 20.7. The molecule has 0 aliphatic carbocycles. The third-order valence-electron chi connectivity index (χ3n) is 7.44. The summed E-state index contributed by atoms with van der Waals surface area (Å²) in [5.74, 6) is -1.80. The lowest BCUT2D eigenvalue weighted by Gasteiger charge is -2.30. The number of imidazole rings is 1. The molecular weight excluding hydrogens is 823 g/mol. The van der Waals surface area contributed by atoms with Crippen LogP contribution in [-0.4, -0.2) is 116 Å². The Morgan fingerprint density at radius 3 is 2.36 bits per heavy atom. The standard InChI is InChI=1S/C26H36N7O18P3S/c1-26(2,20(37)23(38)28-8-7-16(35)32-55-25(39)13-3-5-14(34)6-4-13)10-48-54(45,46)51-53(43,44)47-9-15-19(50-52(40,41)42)18(36)24(49-15)33-12-31-17-21(27)29-11-30-22(17)33/h3-6,11-12,15,18-20,24,34,36-37H,7-10H2,1-2H3,(H,28,38)(H,32,35)(H,43,44)(H,45,46)(H2,27,29,30)(H2,40,41,42)/t15-,18-,19-,20+,24-/m1/s1. The largest absolute Gasteiger partial charge is 0.508 e.